The minimum Gasteiger partial charge on any atom is -0.343 e. The highest BCUT2D eigenvalue weighted by molar-refractivity contribution is 7.15. The van der Waals surface area contributed by atoms with E-state index in [0.717, 1.165) is 42.2 Å². The molecule has 1 fully saturated rings. The molecule has 0 N–H and O–H groups in total. The molecule has 1 aliphatic carbocycles. The smallest absolute Gasteiger partial charge is 0.266 e. The van der Waals surface area contributed by atoms with Gasteiger partial charge in [-0.3, -0.25) is 9.78 Å². The number of anilines is 1. The minimum absolute atomic E-state index is 0.0527. The van der Waals surface area contributed by atoms with Crippen molar-refractivity contribution in [1.29, 1.82) is 0 Å². The summed E-state index contributed by atoms with van der Waals surface area (Å²) >= 11 is 1.85. The number of aromatic nitrogens is 4. The van der Waals surface area contributed by atoms with Crippen LogP contribution < -0.4 is 10.5 Å². The zero-order valence-corrected chi connectivity index (χ0v) is 16.6. The Labute approximate surface area is 167 Å². The Kier molecular flexibility index (Phi) is 4.68. The Morgan fingerprint density at radius 3 is 2.79 bits per heavy atom. The van der Waals surface area contributed by atoms with E-state index in [1.54, 1.807) is 29.2 Å². The van der Waals surface area contributed by atoms with Gasteiger partial charge in [0.25, 0.3) is 5.56 Å². The quantitative estimate of drug-likeness (QED) is 0.680. The first-order chi connectivity index (χ1) is 13.8. The van der Waals surface area contributed by atoms with Crippen LogP contribution in [0, 0.1) is 0 Å². The van der Waals surface area contributed by atoms with Crippen LogP contribution >= 0.6 is 11.3 Å². The van der Waals surface area contributed by atoms with Crippen molar-refractivity contribution in [3.05, 3.63) is 57.6 Å². The van der Waals surface area contributed by atoms with Gasteiger partial charge < -0.3 is 4.90 Å². The molecule has 0 bridgehead atoms. The summed E-state index contributed by atoms with van der Waals surface area (Å²) in [5, 5.41) is 5.76. The predicted octanol–water partition coefficient (Wildman–Crippen LogP) is 3.31. The number of nitrogens with zero attached hydrogens (tertiary/aromatic N) is 5. The summed E-state index contributed by atoms with van der Waals surface area (Å²) < 4.78 is 1.62. The Balaban J connectivity index is 1.41. The van der Waals surface area contributed by atoms with E-state index in [9.17, 15) is 4.79 Å². The molecule has 0 saturated carbocycles. The van der Waals surface area contributed by atoms with Crippen LogP contribution in [0.15, 0.2) is 41.5 Å². The lowest BCUT2D eigenvalue weighted by Crippen LogP contribution is -2.37. The Morgan fingerprint density at radius 2 is 1.93 bits per heavy atom. The largest absolute Gasteiger partial charge is 0.343 e. The predicted molar refractivity (Wildman–Crippen MR) is 111 cm³/mol. The average Bonchev–Trinajstić information content (AvgIpc) is 3.36. The molecule has 1 saturated heterocycles. The summed E-state index contributed by atoms with van der Waals surface area (Å²) in [6.07, 6.45) is 10.5. The first-order valence-corrected chi connectivity index (χ1v) is 10.8. The molecule has 144 valence electrons. The van der Waals surface area contributed by atoms with E-state index in [4.69, 9.17) is 4.98 Å². The molecule has 28 heavy (non-hydrogen) atoms. The van der Waals surface area contributed by atoms with Gasteiger partial charge in [-0.1, -0.05) is 0 Å². The third-order valence-electron chi connectivity index (χ3n) is 5.68. The molecule has 3 aromatic rings. The van der Waals surface area contributed by atoms with E-state index in [1.807, 2.05) is 23.5 Å². The number of hydrogen-bond donors (Lipinski definition) is 0. The van der Waals surface area contributed by atoms with E-state index < -0.39 is 0 Å². The number of hydrogen-bond acceptors (Lipinski definition) is 6. The zero-order valence-electron chi connectivity index (χ0n) is 15.8. The fourth-order valence-corrected chi connectivity index (χ4v) is 5.44. The molecular formula is C21H23N5OS. The van der Waals surface area contributed by atoms with Gasteiger partial charge in [0.15, 0.2) is 5.13 Å². The highest BCUT2D eigenvalue weighted by Gasteiger charge is 2.29. The molecule has 0 amide bonds. The Bertz CT molecular complexity index is 1010. The lowest BCUT2D eigenvalue weighted by atomic mass is 10.0. The second-order valence-corrected chi connectivity index (χ2v) is 8.60. The first-order valence-electron chi connectivity index (χ1n) is 10.0. The molecule has 5 rings (SSSR count). The number of rotatable bonds is 4. The van der Waals surface area contributed by atoms with Crippen molar-refractivity contribution < 1.29 is 0 Å². The molecule has 4 heterocycles. The fourth-order valence-electron chi connectivity index (χ4n) is 4.19. The summed E-state index contributed by atoms with van der Waals surface area (Å²) in [7, 11) is 0. The molecule has 1 aliphatic heterocycles. The van der Waals surface area contributed by atoms with Gasteiger partial charge in [-0.05, 0) is 56.7 Å². The molecule has 0 spiro atoms. The minimum atomic E-state index is -0.0527. The normalized spacial score (nSPS) is 19.0. The first kappa shape index (κ1) is 17.6. The van der Waals surface area contributed by atoms with Gasteiger partial charge in [0.05, 0.1) is 24.0 Å². The second kappa shape index (κ2) is 7.47. The highest BCUT2D eigenvalue weighted by atomic mass is 32.1. The standard InChI is InChI=1S/C21H23N5OS/c27-20-8-7-17(15-9-11-22-12-10-15)24-26(20)14-16-4-3-13-25(16)21-23-18-5-1-2-6-19(18)28-21/h7-12,16H,1-6,13-14H2. The van der Waals surface area contributed by atoms with Gasteiger partial charge in [-0.15, -0.1) is 11.3 Å². The van der Waals surface area contributed by atoms with Crippen LogP contribution in [-0.2, 0) is 19.4 Å². The number of thiazole rings is 1. The molecule has 1 atom stereocenters. The van der Waals surface area contributed by atoms with Crippen LogP contribution in [0.2, 0.25) is 0 Å². The van der Waals surface area contributed by atoms with Crippen LogP contribution in [-0.4, -0.2) is 32.3 Å². The SMILES string of the molecule is O=c1ccc(-c2ccncc2)nn1CC1CCCN1c1nc2c(s1)CCCC2. The van der Waals surface area contributed by atoms with Crippen molar-refractivity contribution in [2.45, 2.75) is 51.1 Å². The molecule has 0 radical (unpaired) electrons. The third-order valence-corrected chi connectivity index (χ3v) is 6.88. The van der Waals surface area contributed by atoms with Crippen molar-refractivity contribution in [2.24, 2.45) is 0 Å². The lowest BCUT2D eigenvalue weighted by molar-refractivity contribution is 0.490. The van der Waals surface area contributed by atoms with Crippen molar-refractivity contribution in [1.82, 2.24) is 19.7 Å². The highest BCUT2D eigenvalue weighted by Crippen LogP contribution is 2.35. The van der Waals surface area contributed by atoms with Gasteiger partial charge in [0, 0.05) is 35.4 Å². The van der Waals surface area contributed by atoms with E-state index in [0.29, 0.717) is 6.54 Å². The zero-order chi connectivity index (χ0) is 18.9. The maximum atomic E-state index is 12.4. The van der Waals surface area contributed by atoms with Crippen LogP contribution in [0.3, 0.4) is 0 Å². The van der Waals surface area contributed by atoms with E-state index in [2.05, 4.69) is 15.0 Å². The van der Waals surface area contributed by atoms with Crippen molar-refractivity contribution in [3.8, 4) is 11.3 Å². The Hall–Kier alpha value is -2.54. The van der Waals surface area contributed by atoms with Gasteiger partial charge in [-0.2, -0.15) is 5.10 Å². The van der Waals surface area contributed by atoms with Crippen LogP contribution in [0.25, 0.3) is 11.3 Å². The molecule has 0 aromatic carbocycles. The molecule has 6 nitrogen and oxygen atoms in total. The average molecular weight is 394 g/mol. The van der Waals surface area contributed by atoms with Crippen molar-refractivity contribution in [3.63, 3.8) is 0 Å². The number of fused-ring (bicyclic) bond motifs is 1. The van der Waals surface area contributed by atoms with Crippen molar-refractivity contribution in [2.75, 3.05) is 11.4 Å². The van der Waals surface area contributed by atoms with Gasteiger partial charge in [0.2, 0.25) is 0 Å². The van der Waals surface area contributed by atoms with E-state index in [1.165, 1.54) is 29.8 Å². The second-order valence-electron chi connectivity index (χ2n) is 7.54. The summed E-state index contributed by atoms with van der Waals surface area (Å²) in [6.45, 7) is 1.61. The maximum Gasteiger partial charge on any atom is 0.266 e. The van der Waals surface area contributed by atoms with Crippen molar-refractivity contribution >= 4 is 16.5 Å². The number of aryl methyl sites for hydroxylation is 2. The summed E-state index contributed by atoms with van der Waals surface area (Å²) in [6, 6.07) is 7.50. The van der Waals surface area contributed by atoms with E-state index >= 15 is 0 Å². The molecule has 7 heteroatoms. The van der Waals surface area contributed by atoms with Gasteiger partial charge in [0.1, 0.15) is 0 Å². The van der Waals surface area contributed by atoms with Gasteiger partial charge >= 0.3 is 0 Å². The molecular weight excluding hydrogens is 370 g/mol. The number of pyridine rings is 1. The van der Waals surface area contributed by atoms with Crippen LogP contribution in [0.1, 0.15) is 36.3 Å². The van der Waals surface area contributed by atoms with E-state index in [-0.39, 0.29) is 11.6 Å². The summed E-state index contributed by atoms with van der Waals surface area (Å²) in [5.74, 6) is 0. The molecule has 3 aromatic heterocycles. The van der Waals surface area contributed by atoms with Gasteiger partial charge in [-0.25, -0.2) is 9.67 Å². The topological polar surface area (TPSA) is 63.9 Å². The maximum absolute atomic E-state index is 12.4. The lowest BCUT2D eigenvalue weighted by Gasteiger charge is -2.24. The Morgan fingerprint density at radius 1 is 1.07 bits per heavy atom. The fraction of sp³-hybridized carbons (Fsp3) is 0.429. The monoisotopic (exact) mass is 393 g/mol. The summed E-state index contributed by atoms with van der Waals surface area (Å²) in [4.78, 5) is 25.3. The van der Waals surface area contributed by atoms with Crippen LogP contribution in [0.5, 0.6) is 0 Å². The van der Waals surface area contributed by atoms with Crippen LogP contribution in [0.4, 0.5) is 5.13 Å². The molecule has 2 aliphatic rings. The third kappa shape index (κ3) is 3.35. The molecule has 1 unspecified atom stereocenters. The summed E-state index contributed by atoms with van der Waals surface area (Å²) in [5.41, 5.74) is 3.02.